The lowest BCUT2D eigenvalue weighted by Crippen LogP contribution is -2.29. The molecular formula is C22H26N2O4S. The number of carbonyl (C=O) groups excluding carboxylic acids is 2. The van der Waals surface area contributed by atoms with Gasteiger partial charge in [-0.25, -0.2) is 0 Å². The minimum Gasteiger partial charge on any atom is -0.493 e. The van der Waals surface area contributed by atoms with E-state index in [1.165, 1.54) is 26.0 Å². The Hall–Kier alpha value is -2.67. The maximum Gasteiger partial charge on any atom is 0.256 e. The van der Waals surface area contributed by atoms with E-state index in [1.807, 2.05) is 31.2 Å². The second-order valence-corrected chi connectivity index (χ2v) is 7.87. The second kappa shape index (κ2) is 9.69. The van der Waals surface area contributed by atoms with Gasteiger partial charge in [0.2, 0.25) is 5.91 Å². The van der Waals surface area contributed by atoms with E-state index in [0.29, 0.717) is 22.7 Å². The van der Waals surface area contributed by atoms with Crippen molar-refractivity contribution < 1.29 is 19.1 Å². The van der Waals surface area contributed by atoms with Crippen molar-refractivity contribution in [2.75, 3.05) is 38.4 Å². The van der Waals surface area contributed by atoms with Crippen molar-refractivity contribution in [1.29, 1.82) is 0 Å². The number of ether oxygens (including phenoxy) is 2. The van der Waals surface area contributed by atoms with Gasteiger partial charge in [-0.2, -0.15) is 0 Å². The number of likely N-dealkylation sites (tertiary alicyclic amines) is 1. The first kappa shape index (κ1) is 21.0. The van der Waals surface area contributed by atoms with E-state index in [9.17, 15) is 9.59 Å². The summed E-state index contributed by atoms with van der Waals surface area (Å²) in [5.41, 5.74) is 1.98. The summed E-state index contributed by atoms with van der Waals surface area (Å²) in [5.74, 6) is 0.886. The molecule has 3 rings (SSSR count). The fourth-order valence-electron chi connectivity index (χ4n) is 3.30. The summed E-state index contributed by atoms with van der Waals surface area (Å²) in [6, 6.07) is 11.2. The first-order valence-corrected chi connectivity index (χ1v) is 10.6. The number of amides is 2. The molecule has 29 heavy (non-hydrogen) atoms. The van der Waals surface area contributed by atoms with Gasteiger partial charge < -0.3 is 19.7 Å². The number of rotatable bonds is 7. The van der Waals surface area contributed by atoms with Crippen molar-refractivity contribution in [3.05, 3.63) is 47.5 Å². The third-order valence-corrected chi connectivity index (χ3v) is 6.05. The number of carbonyl (C=O) groups is 2. The maximum atomic E-state index is 13.0. The molecule has 0 aliphatic carbocycles. The fourth-order valence-corrected chi connectivity index (χ4v) is 4.13. The van der Waals surface area contributed by atoms with Crippen molar-refractivity contribution in [1.82, 2.24) is 4.90 Å². The van der Waals surface area contributed by atoms with Crippen molar-refractivity contribution in [3.63, 3.8) is 0 Å². The topological polar surface area (TPSA) is 67.9 Å². The molecule has 0 spiro atoms. The molecule has 2 aromatic rings. The van der Waals surface area contributed by atoms with E-state index in [2.05, 4.69) is 5.32 Å². The van der Waals surface area contributed by atoms with Crippen LogP contribution in [0.25, 0.3) is 0 Å². The fraction of sp³-hybridized carbons (Fsp3) is 0.364. The summed E-state index contributed by atoms with van der Waals surface area (Å²) in [6.45, 7) is 3.47. The van der Waals surface area contributed by atoms with E-state index in [1.54, 1.807) is 17.0 Å². The van der Waals surface area contributed by atoms with Crippen molar-refractivity contribution in [2.24, 2.45) is 0 Å². The van der Waals surface area contributed by atoms with Gasteiger partial charge in [0, 0.05) is 24.1 Å². The number of aryl methyl sites for hydroxylation is 1. The Bertz CT molecular complexity index is 894. The largest absolute Gasteiger partial charge is 0.493 e. The van der Waals surface area contributed by atoms with Gasteiger partial charge in [0.25, 0.3) is 5.91 Å². The molecular weight excluding hydrogens is 388 g/mol. The lowest BCUT2D eigenvalue weighted by molar-refractivity contribution is -0.113. The first-order valence-electron chi connectivity index (χ1n) is 9.57. The summed E-state index contributed by atoms with van der Waals surface area (Å²) in [4.78, 5) is 28.5. The van der Waals surface area contributed by atoms with Gasteiger partial charge in [-0.3, -0.25) is 9.59 Å². The van der Waals surface area contributed by atoms with Crippen LogP contribution in [-0.4, -0.2) is 49.8 Å². The molecule has 2 aromatic carbocycles. The Labute approximate surface area is 175 Å². The number of nitrogens with zero attached hydrogens (tertiary/aromatic N) is 1. The molecule has 0 radical (unpaired) electrons. The Kier molecular flexibility index (Phi) is 7.04. The predicted octanol–water partition coefficient (Wildman–Crippen LogP) is 3.98. The molecule has 0 bridgehead atoms. The predicted molar refractivity (Wildman–Crippen MR) is 115 cm³/mol. The summed E-state index contributed by atoms with van der Waals surface area (Å²) in [5, 5.41) is 2.89. The molecule has 2 amide bonds. The van der Waals surface area contributed by atoms with Gasteiger partial charge >= 0.3 is 0 Å². The molecule has 0 unspecified atom stereocenters. The van der Waals surface area contributed by atoms with Crippen molar-refractivity contribution in [2.45, 2.75) is 24.7 Å². The molecule has 7 heteroatoms. The van der Waals surface area contributed by atoms with Crippen LogP contribution >= 0.6 is 11.8 Å². The van der Waals surface area contributed by atoms with Gasteiger partial charge in [-0.05, 0) is 37.5 Å². The number of hydrogen-bond donors (Lipinski definition) is 1. The third kappa shape index (κ3) is 5.03. The Morgan fingerprint density at radius 2 is 1.72 bits per heavy atom. The number of methoxy groups -OCH3 is 2. The van der Waals surface area contributed by atoms with E-state index < -0.39 is 0 Å². The number of thioether (sulfide) groups is 1. The number of benzene rings is 2. The summed E-state index contributed by atoms with van der Waals surface area (Å²) >= 11 is 1.47. The highest BCUT2D eigenvalue weighted by Crippen LogP contribution is 2.34. The summed E-state index contributed by atoms with van der Waals surface area (Å²) in [6.07, 6.45) is 1.99. The zero-order valence-corrected chi connectivity index (χ0v) is 17.8. The standard InChI is InChI=1S/C22H26N2O4S/c1-15-8-4-5-9-20(15)29-14-21(25)23-17-13-19(28-3)18(27-2)12-16(17)22(26)24-10-6-7-11-24/h4-5,8-9,12-13H,6-7,10-11,14H2,1-3H3,(H,23,25). The van der Waals surface area contributed by atoms with E-state index in [4.69, 9.17) is 9.47 Å². The number of nitrogens with one attached hydrogen (secondary N) is 1. The zero-order chi connectivity index (χ0) is 20.8. The Morgan fingerprint density at radius 1 is 1.07 bits per heavy atom. The van der Waals surface area contributed by atoms with Gasteiger partial charge in [0.05, 0.1) is 31.2 Å². The average molecular weight is 415 g/mol. The van der Waals surface area contributed by atoms with Crippen LogP contribution in [0.1, 0.15) is 28.8 Å². The molecule has 1 N–H and O–H groups in total. The molecule has 6 nitrogen and oxygen atoms in total. The van der Waals surface area contributed by atoms with Crippen molar-refractivity contribution >= 4 is 29.3 Å². The normalized spacial score (nSPS) is 13.3. The lowest BCUT2D eigenvalue weighted by atomic mass is 10.1. The van der Waals surface area contributed by atoms with Crippen LogP contribution in [0.2, 0.25) is 0 Å². The quantitative estimate of drug-likeness (QED) is 0.694. The lowest BCUT2D eigenvalue weighted by Gasteiger charge is -2.20. The SMILES string of the molecule is COc1cc(NC(=O)CSc2ccccc2C)c(C(=O)N2CCCC2)cc1OC. The molecule has 0 saturated carbocycles. The van der Waals surface area contributed by atoms with Crippen LogP contribution in [0.4, 0.5) is 5.69 Å². The molecule has 1 fully saturated rings. The second-order valence-electron chi connectivity index (χ2n) is 6.85. The third-order valence-electron chi connectivity index (χ3n) is 4.87. The van der Waals surface area contributed by atoms with Gasteiger partial charge in [0.15, 0.2) is 11.5 Å². The molecule has 0 aromatic heterocycles. The van der Waals surface area contributed by atoms with E-state index in [-0.39, 0.29) is 17.6 Å². The summed E-state index contributed by atoms with van der Waals surface area (Å²) < 4.78 is 10.7. The smallest absolute Gasteiger partial charge is 0.256 e. The first-order chi connectivity index (χ1) is 14.0. The highest BCUT2D eigenvalue weighted by molar-refractivity contribution is 8.00. The van der Waals surface area contributed by atoms with Crippen LogP contribution < -0.4 is 14.8 Å². The van der Waals surface area contributed by atoms with Crippen LogP contribution in [0.5, 0.6) is 11.5 Å². The molecule has 1 heterocycles. The van der Waals surface area contributed by atoms with Crippen LogP contribution in [0.15, 0.2) is 41.3 Å². The number of hydrogen-bond acceptors (Lipinski definition) is 5. The molecule has 154 valence electrons. The van der Waals surface area contributed by atoms with E-state index >= 15 is 0 Å². The average Bonchev–Trinajstić information content (AvgIpc) is 3.27. The van der Waals surface area contributed by atoms with Crippen LogP contribution in [0, 0.1) is 6.92 Å². The van der Waals surface area contributed by atoms with Crippen molar-refractivity contribution in [3.8, 4) is 11.5 Å². The Balaban J connectivity index is 1.81. The Morgan fingerprint density at radius 3 is 2.38 bits per heavy atom. The molecule has 1 aliphatic rings. The number of anilines is 1. The molecule has 0 atom stereocenters. The zero-order valence-electron chi connectivity index (χ0n) is 17.0. The maximum absolute atomic E-state index is 13.0. The van der Waals surface area contributed by atoms with Gasteiger partial charge in [-0.15, -0.1) is 11.8 Å². The summed E-state index contributed by atoms with van der Waals surface area (Å²) in [7, 11) is 3.05. The van der Waals surface area contributed by atoms with E-state index in [0.717, 1.165) is 36.4 Å². The highest BCUT2D eigenvalue weighted by Gasteiger charge is 2.25. The van der Waals surface area contributed by atoms with Gasteiger partial charge in [-0.1, -0.05) is 18.2 Å². The highest BCUT2D eigenvalue weighted by atomic mass is 32.2. The van der Waals surface area contributed by atoms with Gasteiger partial charge in [0.1, 0.15) is 0 Å². The monoisotopic (exact) mass is 414 g/mol. The minimum atomic E-state index is -0.180. The van der Waals surface area contributed by atoms with Crippen LogP contribution in [0.3, 0.4) is 0 Å². The minimum absolute atomic E-state index is 0.106. The molecule has 1 aliphatic heterocycles. The van der Waals surface area contributed by atoms with Crippen LogP contribution in [-0.2, 0) is 4.79 Å². The molecule has 1 saturated heterocycles.